The Labute approximate surface area is 172 Å². The molecule has 1 amide bonds. The summed E-state index contributed by atoms with van der Waals surface area (Å²) in [5, 5.41) is 8.92. The van der Waals surface area contributed by atoms with Crippen molar-refractivity contribution in [1.29, 1.82) is 5.26 Å². The number of rotatable bonds is 7. The second-order valence-electron chi connectivity index (χ2n) is 7.10. The third kappa shape index (κ3) is 6.05. The molecule has 1 heterocycles. The molecule has 152 valence electrons. The second kappa shape index (κ2) is 10.6. The van der Waals surface area contributed by atoms with Crippen LogP contribution in [0.3, 0.4) is 0 Å². The lowest BCUT2D eigenvalue weighted by Gasteiger charge is -2.22. The van der Waals surface area contributed by atoms with Gasteiger partial charge in [-0.1, -0.05) is 18.2 Å². The maximum absolute atomic E-state index is 13.0. The fraction of sp³-hybridized carbons (Fsp3) is 0.391. The quantitative estimate of drug-likeness (QED) is 0.677. The van der Waals surface area contributed by atoms with Crippen LogP contribution in [0.15, 0.2) is 48.5 Å². The van der Waals surface area contributed by atoms with Gasteiger partial charge in [-0.2, -0.15) is 5.26 Å². The molecule has 2 aromatic rings. The molecule has 1 fully saturated rings. The Morgan fingerprint density at radius 2 is 1.90 bits per heavy atom. The van der Waals surface area contributed by atoms with Crippen molar-refractivity contribution in [3.63, 3.8) is 0 Å². The number of carbonyl (C=O) groups is 1. The van der Waals surface area contributed by atoms with E-state index in [0.717, 1.165) is 32.6 Å². The van der Waals surface area contributed by atoms with Crippen molar-refractivity contribution in [3.05, 3.63) is 65.2 Å². The molecule has 0 aromatic heterocycles. The predicted octanol–water partition coefficient (Wildman–Crippen LogP) is 2.93. The van der Waals surface area contributed by atoms with Gasteiger partial charge in [0.25, 0.3) is 5.91 Å². The number of amides is 1. The fourth-order valence-electron chi connectivity index (χ4n) is 3.42. The van der Waals surface area contributed by atoms with Gasteiger partial charge >= 0.3 is 0 Å². The molecule has 0 bridgehead atoms. The van der Waals surface area contributed by atoms with Gasteiger partial charge in [-0.15, -0.1) is 0 Å². The molecule has 3 rings (SSSR count). The molecule has 0 unspecified atom stereocenters. The minimum atomic E-state index is 0.0439. The van der Waals surface area contributed by atoms with Crippen molar-refractivity contribution in [2.45, 2.75) is 13.0 Å². The molecule has 0 aliphatic carbocycles. The molecule has 2 aromatic carbocycles. The van der Waals surface area contributed by atoms with Gasteiger partial charge in [0.1, 0.15) is 12.4 Å². The Balaban J connectivity index is 1.56. The van der Waals surface area contributed by atoms with Crippen molar-refractivity contribution in [2.24, 2.45) is 0 Å². The summed E-state index contributed by atoms with van der Waals surface area (Å²) < 4.78 is 10.6. The summed E-state index contributed by atoms with van der Waals surface area (Å²) in [4.78, 5) is 17.3. The number of methoxy groups -OCH3 is 1. The number of hydrogen-bond acceptors (Lipinski definition) is 5. The van der Waals surface area contributed by atoms with Gasteiger partial charge < -0.3 is 14.4 Å². The average Bonchev–Trinajstić information content (AvgIpc) is 3.00. The Hall–Kier alpha value is -2.88. The van der Waals surface area contributed by atoms with Crippen LogP contribution in [0, 0.1) is 11.3 Å². The minimum absolute atomic E-state index is 0.0439. The van der Waals surface area contributed by atoms with Crippen LogP contribution in [0.25, 0.3) is 0 Å². The largest absolute Gasteiger partial charge is 0.491 e. The molecule has 1 aliphatic heterocycles. The van der Waals surface area contributed by atoms with E-state index in [0.29, 0.717) is 36.6 Å². The zero-order valence-electron chi connectivity index (χ0n) is 16.8. The molecule has 0 N–H and O–H groups in total. The molecule has 1 aliphatic rings. The zero-order chi connectivity index (χ0) is 20.5. The molecular weight excluding hydrogens is 366 g/mol. The lowest BCUT2D eigenvalue weighted by molar-refractivity contribution is 0.0760. The van der Waals surface area contributed by atoms with Crippen molar-refractivity contribution in [1.82, 2.24) is 9.80 Å². The highest BCUT2D eigenvalue weighted by atomic mass is 16.5. The number of hydrogen-bond donors (Lipinski definition) is 0. The normalized spacial score (nSPS) is 14.8. The third-order valence-electron chi connectivity index (χ3n) is 5.00. The molecule has 1 saturated heterocycles. The van der Waals surface area contributed by atoms with E-state index in [2.05, 4.69) is 11.0 Å². The van der Waals surface area contributed by atoms with Gasteiger partial charge in [-0.3, -0.25) is 9.69 Å². The zero-order valence-corrected chi connectivity index (χ0v) is 16.8. The first-order chi connectivity index (χ1) is 14.2. The minimum Gasteiger partial charge on any atom is -0.491 e. The molecule has 0 spiro atoms. The topological polar surface area (TPSA) is 65.8 Å². The molecular formula is C23H27N3O3. The van der Waals surface area contributed by atoms with Gasteiger partial charge in [-0.25, -0.2) is 0 Å². The van der Waals surface area contributed by atoms with E-state index in [9.17, 15) is 4.79 Å². The van der Waals surface area contributed by atoms with Crippen molar-refractivity contribution in [3.8, 4) is 11.8 Å². The summed E-state index contributed by atoms with van der Waals surface area (Å²) >= 11 is 0. The van der Waals surface area contributed by atoms with E-state index in [4.69, 9.17) is 14.7 Å². The van der Waals surface area contributed by atoms with Crippen LogP contribution in [0.5, 0.6) is 5.75 Å². The SMILES string of the molecule is COCCOc1cccc(C(=O)N2CCCN(Cc3ccc(C#N)cc3)CC2)c1. The number of carbonyl (C=O) groups excluding carboxylic acids is 1. The summed E-state index contributed by atoms with van der Waals surface area (Å²) in [6.45, 7) is 5.03. The van der Waals surface area contributed by atoms with Gasteiger partial charge in [-0.05, 0) is 42.3 Å². The highest BCUT2D eigenvalue weighted by molar-refractivity contribution is 5.94. The fourth-order valence-corrected chi connectivity index (χ4v) is 3.42. The van der Waals surface area contributed by atoms with Crippen LogP contribution in [0.2, 0.25) is 0 Å². The van der Waals surface area contributed by atoms with Crippen LogP contribution in [-0.2, 0) is 11.3 Å². The molecule has 0 radical (unpaired) electrons. The highest BCUT2D eigenvalue weighted by Gasteiger charge is 2.20. The Morgan fingerprint density at radius 1 is 1.07 bits per heavy atom. The monoisotopic (exact) mass is 393 g/mol. The summed E-state index contributed by atoms with van der Waals surface area (Å²) in [6, 6.07) is 17.2. The summed E-state index contributed by atoms with van der Waals surface area (Å²) in [6.07, 6.45) is 0.937. The highest BCUT2D eigenvalue weighted by Crippen LogP contribution is 2.17. The first kappa shape index (κ1) is 20.8. The molecule has 0 atom stereocenters. The Morgan fingerprint density at radius 3 is 2.66 bits per heavy atom. The first-order valence-electron chi connectivity index (χ1n) is 9.92. The van der Waals surface area contributed by atoms with Gasteiger partial charge in [0, 0.05) is 45.4 Å². The van der Waals surface area contributed by atoms with Crippen molar-refractivity contribution >= 4 is 5.91 Å². The van der Waals surface area contributed by atoms with Crippen molar-refractivity contribution < 1.29 is 14.3 Å². The van der Waals surface area contributed by atoms with E-state index in [-0.39, 0.29) is 5.91 Å². The Bertz CT molecular complexity index is 845. The lowest BCUT2D eigenvalue weighted by Crippen LogP contribution is -2.35. The van der Waals surface area contributed by atoms with E-state index >= 15 is 0 Å². The van der Waals surface area contributed by atoms with Gasteiger partial charge in [0.05, 0.1) is 18.2 Å². The van der Waals surface area contributed by atoms with Crippen molar-refractivity contribution in [2.75, 3.05) is 46.5 Å². The van der Waals surface area contributed by atoms with E-state index in [1.807, 2.05) is 47.4 Å². The predicted molar refractivity (Wildman–Crippen MR) is 111 cm³/mol. The lowest BCUT2D eigenvalue weighted by atomic mass is 10.1. The van der Waals surface area contributed by atoms with E-state index in [1.165, 1.54) is 5.56 Å². The van der Waals surface area contributed by atoms with E-state index in [1.54, 1.807) is 13.2 Å². The number of nitriles is 1. The number of ether oxygens (including phenoxy) is 2. The second-order valence-corrected chi connectivity index (χ2v) is 7.10. The van der Waals surface area contributed by atoms with Crippen LogP contribution in [-0.4, -0.2) is 62.2 Å². The summed E-state index contributed by atoms with van der Waals surface area (Å²) in [5.41, 5.74) is 2.51. The van der Waals surface area contributed by atoms with Crippen LogP contribution >= 0.6 is 0 Å². The van der Waals surface area contributed by atoms with Gasteiger partial charge in [0.2, 0.25) is 0 Å². The average molecular weight is 393 g/mol. The number of benzene rings is 2. The standard InChI is InChI=1S/C23H27N3O3/c1-28-14-15-29-22-5-2-4-21(16-22)23(27)26-11-3-10-25(12-13-26)18-20-8-6-19(17-24)7-9-20/h2,4-9,16H,3,10-15,18H2,1H3. The smallest absolute Gasteiger partial charge is 0.254 e. The maximum Gasteiger partial charge on any atom is 0.254 e. The maximum atomic E-state index is 13.0. The molecule has 6 nitrogen and oxygen atoms in total. The first-order valence-corrected chi connectivity index (χ1v) is 9.92. The third-order valence-corrected chi connectivity index (χ3v) is 5.00. The van der Waals surface area contributed by atoms with Crippen LogP contribution < -0.4 is 4.74 Å². The van der Waals surface area contributed by atoms with Crippen LogP contribution in [0.4, 0.5) is 0 Å². The summed E-state index contributed by atoms with van der Waals surface area (Å²) in [5.74, 6) is 0.729. The van der Waals surface area contributed by atoms with Gasteiger partial charge in [0.15, 0.2) is 0 Å². The molecule has 6 heteroatoms. The summed E-state index contributed by atoms with van der Waals surface area (Å²) in [7, 11) is 1.63. The molecule has 29 heavy (non-hydrogen) atoms. The van der Waals surface area contributed by atoms with Crippen LogP contribution in [0.1, 0.15) is 27.9 Å². The molecule has 0 saturated carbocycles. The van der Waals surface area contributed by atoms with E-state index < -0.39 is 0 Å². The Kier molecular flexibility index (Phi) is 7.62. The number of nitrogens with zero attached hydrogens (tertiary/aromatic N) is 3.